The lowest BCUT2D eigenvalue weighted by atomic mass is 10.1. The molecule has 0 radical (unpaired) electrons. The van der Waals surface area contributed by atoms with Crippen LogP contribution in [0.3, 0.4) is 0 Å². The molecule has 0 bridgehead atoms. The minimum Gasteiger partial charge on any atom is -0.350 e. The van der Waals surface area contributed by atoms with Crippen LogP contribution in [0.4, 0.5) is 4.39 Å². The molecule has 1 aromatic heterocycles. The first-order valence-electron chi connectivity index (χ1n) is 10.3. The summed E-state index contributed by atoms with van der Waals surface area (Å²) >= 11 is 5.90. The molecule has 0 aliphatic carbocycles. The molecule has 7 nitrogen and oxygen atoms in total. The first kappa shape index (κ1) is 24.2. The molecule has 1 amide bonds. The topological polar surface area (TPSA) is 77.2 Å². The number of H-pyrrole nitrogens is 1. The van der Waals surface area contributed by atoms with E-state index in [1.807, 2.05) is 34.6 Å². The fraction of sp³-hybridized carbons (Fsp3) is 0.571. The van der Waals surface area contributed by atoms with Gasteiger partial charge in [0.1, 0.15) is 11.6 Å². The van der Waals surface area contributed by atoms with Gasteiger partial charge in [0.2, 0.25) is 5.91 Å². The lowest BCUT2D eigenvalue weighted by molar-refractivity contribution is -0.124. The Morgan fingerprint density at radius 2 is 1.80 bits per heavy atom. The third kappa shape index (κ3) is 7.66. The fourth-order valence-electron chi connectivity index (χ4n) is 3.16. The number of piperazine rings is 1. The summed E-state index contributed by atoms with van der Waals surface area (Å²) in [6.07, 6.45) is 0. The normalized spacial score (nSPS) is 15.4. The summed E-state index contributed by atoms with van der Waals surface area (Å²) in [5, 5.41) is 10.4. The average Bonchev–Trinajstić information content (AvgIpc) is 3.11. The Labute approximate surface area is 183 Å². The summed E-state index contributed by atoms with van der Waals surface area (Å²) in [4.78, 5) is 20.9. The number of carbonyl (C=O) groups excluding carboxylic acids is 1. The van der Waals surface area contributed by atoms with E-state index in [4.69, 9.17) is 11.6 Å². The number of nitrogens with one attached hydrogen (secondary N) is 2. The summed E-state index contributed by atoms with van der Waals surface area (Å²) in [7, 11) is 0. The molecule has 1 aromatic carbocycles. The van der Waals surface area contributed by atoms with Gasteiger partial charge in [0, 0.05) is 42.3 Å². The Balaban J connectivity index is 0.00000155. The predicted molar refractivity (Wildman–Crippen MR) is 118 cm³/mol. The molecule has 1 aliphatic rings. The van der Waals surface area contributed by atoms with E-state index in [9.17, 15) is 9.18 Å². The van der Waals surface area contributed by atoms with E-state index in [1.54, 1.807) is 6.07 Å². The SMILES string of the molecule is CC.CC(C)(C)NC(=O)CN1CCN(Cc2nc(-c3cc(F)cc(Cl)c3)n[nH]2)CC1. The number of benzene rings is 1. The molecule has 1 fully saturated rings. The summed E-state index contributed by atoms with van der Waals surface area (Å²) in [6, 6.07) is 4.25. The zero-order valence-electron chi connectivity index (χ0n) is 18.4. The van der Waals surface area contributed by atoms with Crippen LogP contribution in [0.2, 0.25) is 5.02 Å². The molecular weight excluding hydrogens is 407 g/mol. The fourth-order valence-corrected chi connectivity index (χ4v) is 3.38. The number of aromatic nitrogens is 3. The first-order chi connectivity index (χ1) is 14.2. The molecule has 3 rings (SSSR count). The van der Waals surface area contributed by atoms with Gasteiger partial charge in [-0.2, -0.15) is 5.10 Å². The van der Waals surface area contributed by atoms with Gasteiger partial charge in [-0.3, -0.25) is 19.7 Å². The molecule has 2 aromatic rings. The van der Waals surface area contributed by atoms with Crippen molar-refractivity contribution < 1.29 is 9.18 Å². The molecular formula is C21H32ClFN6O. The maximum absolute atomic E-state index is 13.5. The van der Waals surface area contributed by atoms with Crippen molar-refractivity contribution in [2.45, 2.75) is 46.7 Å². The highest BCUT2D eigenvalue weighted by Gasteiger charge is 2.22. The zero-order valence-corrected chi connectivity index (χ0v) is 19.2. The Hall–Kier alpha value is -2.03. The van der Waals surface area contributed by atoms with Crippen molar-refractivity contribution in [1.29, 1.82) is 0 Å². The molecule has 166 valence electrons. The van der Waals surface area contributed by atoms with Crippen LogP contribution in [-0.2, 0) is 11.3 Å². The molecule has 30 heavy (non-hydrogen) atoms. The lowest BCUT2D eigenvalue weighted by Crippen LogP contribution is -2.51. The standard InChI is InChI=1S/C19H26ClFN6O.C2H6/c1-19(2,3)23-17(28)12-27-6-4-26(5-7-27)11-16-22-18(25-24-16)13-8-14(20)10-15(21)9-13;1-2/h8-10H,4-7,11-12H2,1-3H3,(H,23,28)(H,22,24,25);1-2H3. The highest BCUT2D eigenvalue weighted by Crippen LogP contribution is 2.21. The van der Waals surface area contributed by atoms with E-state index in [0.29, 0.717) is 35.3 Å². The summed E-state index contributed by atoms with van der Waals surface area (Å²) < 4.78 is 13.5. The summed E-state index contributed by atoms with van der Waals surface area (Å²) in [5.41, 5.74) is 0.330. The van der Waals surface area contributed by atoms with Crippen LogP contribution in [0.25, 0.3) is 11.4 Å². The van der Waals surface area contributed by atoms with Crippen LogP contribution in [-0.4, -0.2) is 69.2 Å². The van der Waals surface area contributed by atoms with Gasteiger partial charge in [-0.15, -0.1) is 0 Å². The zero-order chi connectivity index (χ0) is 22.3. The van der Waals surface area contributed by atoms with E-state index in [0.717, 1.165) is 26.2 Å². The Morgan fingerprint density at radius 1 is 1.17 bits per heavy atom. The van der Waals surface area contributed by atoms with E-state index in [1.165, 1.54) is 12.1 Å². The van der Waals surface area contributed by atoms with Gasteiger partial charge in [0.15, 0.2) is 5.82 Å². The second-order valence-electron chi connectivity index (χ2n) is 8.11. The molecule has 2 heterocycles. The Morgan fingerprint density at radius 3 is 2.40 bits per heavy atom. The predicted octanol–water partition coefficient (Wildman–Crippen LogP) is 3.32. The molecule has 2 N–H and O–H groups in total. The van der Waals surface area contributed by atoms with Gasteiger partial charge in [-0.25, -0.2) is 9.37 Å². The largest absolute Gasteiger partial charge is 0.350 e. The first-order valence-corrected chi connectivity index (χ1v) is 10.7. The van der Waals surface area contributed by atoms with Crippen LogP contribution >= 0.6 is 11.6 Å². The maximum atomic E-state index is 13.5. The van der Waals surface area contributed by atoms with Crippen LogP contribution in [0, 0.1) is 5.82 Å². The van der Waals surface area contributed by atoms with Crippen LogP contribution < -0.4 is 5.32 Å². The van der Waals surface area contributed by atoms with Crippen molar-refractivity contribution >= 4 is 17.5 Å². The smallest absolute Gasteiger partial charge is 0.234 e. The third-order valence-corrected chi connectivity index (χ3v) is 4.59. The lowest BCUT2D eigenvalue weighted by Gasteiger charge is -2.34. The van der Waals surface area contributed by atoms with Gasteiger partial charge < -0.3 is 5.32 Å². The number of nitrogens with zero attached hydrogens (tertiary/aromatic N) is 4. The van der Waals surface area contributed by atoms with E-state index >= 15 is 0 Å². The summed E-state index contributed by atoms with van der Waals surface area (Å²) in [6.45, 7) is 14.3. The molecule has 0 unspecified atom stereocenters. The van der Waals surface area contributed by atoms with Crippen molar-refractivity contribution in [2.24, 2.45) is 0 Å². The molecule has 0 spiro atoms. The molecule has 1 saturated heterocycles. The second-order valence-corrected chi connectivity index (χ2v) is 8.55. The number of hydrogen-bond acceptors (Lipinski definition) is 5. The third-order valence-electron chi connectivity index (χ3n) is 4.37. The van der Waals surface area contributed by atoms with Crippen molar-refractivity contribution in [2.75, 3.05) is 32.7 Å². The van der Waals surface area contributed by atoms with Crippen molar-refractivity contribution in [3.05, 3.63) is 34.9 Å². The number of amides is 1. The minimum atomic E-state index is -0.416. The molecule has 1 aliphatic heterocycles. The Bertz CT molecular complexity index is 807. The van der Waals surface area contributed by atoms with Gasteiger partial charge in [-0.1, -0.05) is 25.4 Å². The van der Waals surface area contributed by atoms with E-state index in [2.05, 4.69) is 30.3 Å². The number of aromatic amines is 1. The Kier molecular flexibility index (Phi) is 8.76. The van der Waals surface area contributed by atoms with Crippen LogP contribution in [0.15, 0.2) is 18.2 Å². The second kappa shape index (κ2) is 10.8. The highest BCUT2D eigenvalue weighted by molar-refractivity contribution is 6.30. The van der Waals surface area contributed by atoms with Gasteiger partial charge >= 0.3 is 0 Å². The quantitative estimate of drug-likeness (QED) is 0.748. The van der Waals surface area contributed by atoms with Gasteiger partial charge in [0.05, 0.1) is 13.1 Å². The van der Waals surface area contributed by atoms with Crippen molar-refractivity contribution in [1.82, 2.24) is 30.3 Å². The van der Waals surface area contributed by atoms with Gasteiger partial charge in [0.25, 0.3) is 0 Å². The molecule has 0 atom stereocenters. The molecule has 9 heteroatoms. The number of hydrogen-bond donors (Lipinski definition) is 2. The van der Waals surface area contributed by atoms with E-state index in [-0.39, 0.29) is 11.4 Å². The molecule has 0 saturated carbocycles. The van der Waals surface area contributed by atoms with Crippen LogP contribution in [0.1, 0.15) is 40.4 Å². The van der Waals surface area contributed by atoms with Crippen molar-refractivity contribution in [3.63, 3.8) is 0 Å². The average molecular weight is 439 g/mol. The number of carbonyl (C=O) groups is 1. The van der Waals surface area contributed by atoms with E-state index < -0.39 is 5.82 Å². The maximum Gasteiger partial charge on any atom is 0.234 e. The van der Waals surface area contributed by atoms with Crippen molar-refractivity contribution in [3.8, 4) is 11.4 Å². The number of rotatable bonds is 5. The summed E-state index contributed by atoms with van der Waals surface area (Å²) in [5.74, 6) is 0.776. The number of halogens is 2. The van der Waals surface area contributed by atoms with Gasteiger partial charge in [-0.05, 0) is 39.0 Å². The minimum absolute atomic E-state index is 0.0505. The van der Waals surface area contributed by atoms with Crippen LogP contribution in [0.5, 0.6) is 0 Å². The monoisotopic (exact) mass is 438 g/mol. The highest BCUT2D eigenvalue weighted by atomic mass is 35.5.